The summed E-state index contributed by atoms with van der Waals surface area (Å²) in [5, 5.41) is 2.60. The Morgan fingerprint density at radius 3 is 2.58 bits per heavy atom. The number of para-hydroxylation sites is 1. The van der Waals surface area contributed by atoms with E-state index >= 15 is 0 Å². The third-order valence-corrected chi connectivity index (χ3v) is 3.50. The SMILES string of the molecule is COC(=O)C(CNC(=O)OC(C)(C)C)c1cccc2ncc(OC)nc12. The molecule has 0 bridgehead atoms. The highest BCUT2D eigenvalue weighted by Gasteiger charge is 2.26. The highest BCUT2D eigenvalue weighted by molar-refractivity contribution is 5.87. The molecule has 1 aromatic heterocycles. The van der Waals surface area contributed by atoms with Gasteiger partial charge in [-0.05, 0) is 32.4 Å². The Kier molecular flexibility index (Phi) is 5.97. The maximum absolute atomic E-state index is 12.3. The Morgan fingerprint density at radius 1 is 1.23 bits per heavy atom. The van der Waals surface area contributed by atoms with E-state index in [0.29, 0.717) is 22.5 Å². The van der Waals surface area contributed by atoms with E-state index in [1.165, 1.54) is 20.4 Å². The first-order chi connectivity index (χ1) is 12.2. The summed E-state index contributed by atoms with van der Waals surface area (Å²) in [6.07, 6.45) is 0.883. The average Bonchev–Trinajstić information content (AvgIpc) is 2.59. The van der Waals surface area contributed by atoms with Crippen LogP contribution in [0.3, 0.4) is 0 Å². The van der Waals surface area contributed by atoms with Gasteiger partial charge in [-0.2, -0.15) is 0 Å². The van der Waals surface area contributed by atoms with Crippen molar-refractivity contribution < 1.29 is 23.8 Å². The molecule has 1 unspecified atom stereocenters. The molecule has 1 amide bonds. The van der Waals surface area contributed by atoms with Crippen LogP contribution in [0.1, 0.15) is 32.3 Å². The normalized spacial score (nSPS) is 12.3. The van der Waals surface area contributed by atoms with E-state index in [0.717, 1.165) is 0 Å². The van der Waals surface area contributed by atoms with Gasteiger partial charge in [-0.3, -0.25) is 4.79 Å². The lowest BCUT2D eigenvalue weighted by Gasteiger charge is -2.21. The summed E-state index contributed by atoms with van der Waals surface area (Å²) in [5.74, 6) is -0.940. The molecular weight excluding hydrogens is 338 g/mol. The lowest BCUT2D eigenvalue weighted by molar-refractivity contribution is -0.142. The number of benzene rings is 1. The monoisotopic (exact) mass is 361 g/mol. The summed E-state index contributed by atoms with van der Waals surface area (Å²) in [6, 6.07) is 5.29. The zero-order chi connectivity index (χ0) is 19.3. The van der Waals surface area contributed by atoms with Crippen LogP contribution in [-0.4, -0.2) is 48.4 Å². The number of ether oxygens (including phenoxy) is 3. The van der Waals surface area contributed by atoms with Gasteiger partial charge in [0.2, 0.25) is 5.88 Å². The second-order valence-corrected chi connectivity index (χ2v) is 6.59. The van der Waals surface area contributed by atoms with Gasteiger partial charge < -0.3 is 19.5 Å². The molecule has 140 valence electrons. The van der Waals surface area contributed by atoms with Crippen LogP contribution >= 0.6 is 0 Å². The van der Waals surface area contributed by atoms with Crippen LogP contribution in [0, 0.1) is 0 Å². The number of nitrogens with zero attached hydrogens (tertiary/aromatic N) is 2. The van der Waals surface area contributed by atoms with Crippen molar-refractivity contribution in [2.75, 3.05) is 20.8 Å². The first-order valence-corrected chi connectivity index (χ1v) is 8.09. The predicted octanol–water partition coefficient (Wildman–Crippen LogP) is 2.42. The van der Waals surface area contributed by atoms with Crippen LogP contribution in [0.2, 0.25) is 0 Å². The number of methoxy groups -OCH3 is 2. The van der Waals surface area contributed by atoms with Crippen molar-refractivity contribution in [2.45, 2.75) is 32.3 Å². The quantitative estimate of drug-likeness (QED) is 0.816. The van der Waals surface area contributed by atoms with Gasteiger partial charge in [0, 0.05) is 6.54 Å². The molecule has 0 radical (unpaired) electrons. The predicted molar refractivity (Wildman–Crippen MR) is 95.1 cm³/mol. The second-order valence-electron chi connectivity index (χ2n) is 6.59. The number of amides is 1. The Hall–Kier alpha value is -2.90. The van der Waals surface area contributed by atoms with Gasteiger partial charge >= 0.3 is 12.1 Å². The second kappa shape index (κ2) is 7.99. The summed E-state index contributed by atoms with van der Waals surface area (Å²) < 4.78 is 15.2. The molecule has 0 spiro atoms. The molecule has 0 aliphatic rings. The van der Waals surface area contributed by atoms with Crippen molar-refractivity contribution >= 4 is 23.1 Å². The molecule has 1 N–H and O–H groups in total. The summed E-state index contributed by atoms with van der Waals surface area (Å²) in [6.45, 7) is 5.28. The molecule has 1 atom stereocenters. The number of nitrogens with one attached hydrogen (secondary N) is 1. The minimum absolute atomic E-state index is 0.000407. The molecule has 1 heterocycles. The fourth-order valence-electron chi connectivity index (χ4n) is 2.38. The van der Waals surface area contributed by atoms with Gasteiger partial charge in [-0.25, -0.2) is 14.8 Å². The third kappa shape index (κ3) is 4.81. The number of rotatable bonds is 5. The van der Waals surface area contributed by atoms with E-state index in [1.807, 2.05) is 0 Å². The standard InChI is InChI=1S/C18H23N3O5/c1-18(2,3)26-17(23)20-9-12(16(22)25-5)11-7-6-8-13-15(11)21-14(24-4)10-19-13/h6-8,10,12H,9H2,1-5H3,(H,20,23). The molecule has 2 rings (SSSR count). The smallest absolute Gasteiger partial charge is 0.407 e. The Balaban J connectivity index is 2.34. The number of alkyl carbamates (subject to hydrolysis) is 1. The number of hydrogen-bond acceptors (Lipinski definition) is 7. The molecule has 26 heavy (non-hydrogen) atoms. The fourth-order valence-corrected chi connectivity index (χ4v) is 2.38. The summed E-state index contributed by atoms with van der Waals surface area (Å²) in [7, 11) is 2.78. The zero-order valence-electron chi connectivity index (χ0n) is 15.5. The molecule has 0 saturated carbocycles. The van der Waals surface area contributed by atoms with Crippen molar-refractivity contribution in [3.8, 4) is 5.88 Å². The lowest BCUT2D eigenvalue weighted by atomic mass is 9.97. The lowest BCUT2D eigenvalue weighted by Crippen LogP contribution is -2.36. The summed E-state index contributed by atoms with van der Waals surface area (Å²) >= 11 is 0. The maximum atomic E-state index is 12.3. The highest BCUT2D eigenvalue weighted by atomic mass is 16.6. The number of carbonyl (C=O) groups is 2. The van der Waals surface area contributed by atoms with Crippen LogP contribution in [0.5, 0.6) is 5.88 Å². The van der Waals surface area contributed by atoms with Gasteiger partial charge in [0.1, 0.15) is 11.5 Å². The topological polar surface area (TPSA) is 99.6 Å². The van der Waals surface area contributed by atoms with E-state index in [1.54, 1.807) is 39.0 Å². The molecule has 8 heteroatoms. The first kappa shape index (κ1) is 19.4. The minimum atomic E-state index is -0.766. The van der Waals surface area contributed by atoms with Crippen molar-refractivity contribution in [3.63, 3.8) is 0 Å². The number of esters is 1. The van der Waals surface area contributed by atoms with Crippen molar-refractivity contribution in [2.24, 2.45) is 0 Å². The van der Waals surface area contributed by atoms with Crippen molar-refractivity contribution in [3.05, 3.63) is 30.0 Å². The van der Waals surface area contributed by atoms with E-state index in [-0.39, 0.29) is 6.54 Å². The van der Waals surface area contributed by atoms with Crippen molar-refractivity contribution in [1.29, 1.82) is 0 Å². The van der Waals surface area contributed by atoms with Gasteiger partial charge in [-0.15, -0.1) is 0 Å². The van der Waals surface area contributed by atoms with E-state index < -0.39 is 23.6 Å². The van der Waals surface area contributed by atoms with Crippen LogP contribution < -0.4 is 10.1 Å². The number of fused-ring (bicyclic) bond motifs is 1. The molecular formula is C18H23N3O5. The van der Waals surface area contributed by atoms with Gasteiger partial charge in [-0.1, -0.05) is 12.1 Å². The molecule has 2 aromatic rings. The molecule has 0 fully saturated rings. The molecule has 8 nitrogen and oxygen atoms in total. The van der Waals surface area contributed by atoms with Crippen LogP contribution in [0.25, 0.3) is 11.0 Å². The number of aromatic nitrogens is 2. The van der Waals surface area contributed by atoms with E-state index in [9.17, 15) is 9.59 Å². The summed E-state index contributed by atoms with van der Waals surface area (Å²) in [4.78, 5) is 32.9. The van der Waals surface area contributed by atoms with Crippen LogP contribution in [-0.2, 0) is 14.3 Å². The molecule has 0 aliphatic carbocycles. The summed E-state index contributed by atoms with van der Waals surface area (Å²) in [5.41, 5.74) is 1.06. The van der Waals surface area contributed by atoms with Gasteiger partial charge in [0.25, 0.3) is 0 Å². The fraction of sp³-hybridized carbons (Fsp3) is 0.444. The first-order valence-electron chi connectivity index (χ1n) is 8.09. The van der Waals surface area contributed by atoms with Gasteiger partial charge in [0.05, 0.1) is 31.4 Å². The Labute approximate surface area is 151 Å². The molecule has 0 saturated heterocycles. The van der Waals surface area contributed by atoms with E-state index in [4.69, 9.17) is 14.2 Å². The van der Waals surface area contributed by atoms with Crippen LogP contribution in [0.15, 0.2) is 24.4 Å². The third-order valence-electron chi connectivity index (χ3n) is 3.50. The highest BCUT2D eigenvalue weighted by Crippen LogP contribution is 2.25. The largest absolute Gasteiger partial charge is 0.480 e. The minimum Gasteiger partial charge on any atom is -0.480 e. The van der Waals surface area contributed by atoms with Gasteiger partial charge in [0.15, 0.2) is 0 Å². The van der Waals surface area contributed by atoms with Crippen LogP contribution in [0.4, 0.5) is 4.79 Å². The van der Waals surface area contributed by atoms with Crippen molar-refractivity contribution in [1.82, 2.24) is 15.3 Å². The number of carbonyl (C=O) groups excluding carboxylic acids is 2. The molecule has 1 aromatic carbocycles. The zero-order valence-corrected chi connectivity index (χ0v) is 15.5. The Bertz CT molecular complexity index is 801. The maximum Gasteiger partial charge on any atom is 0.407 e. The average molecular weight is 361 g/mol. The Morgan fingerprint density at radius 2 is 1.96 bits per heavy atom. The molecule has 0 aliphatic heterocycles. The van der Waals surface area contributed by atoms with E-state index in [2.05, 4.69) is 15.3 Å². The number of hydrogen-bond donors (Lipinski definition) is 1.